The molecule has 0 saturated heterocycles. The highest BCUT2D eigenvalue weighted by Crippen LogP contribution is 2.41. The Morgan fingerprint density at radius 1 is 0.268 bits per heavy atom. The molecule has 2 heteroatoms. The Morgan fingerprint density at radius 3 is 1.34 bits per heavy atom. The summed E-state index contributed by atoms with van der Waals surface area (Å²) < 4.78 is 2.45. The van der Waals surface area contributed by atoms with Crippen LogP contribution in [0.2, 0.25) is 0 Å². The number of hydrogen-bond acceptors (Lipinski definition) is 1. The van der Waals surface area contributed by atoms with Crippen LogP contribution in [0.4, 0.5) is 17.1 Å². The predicted octanol–water partition coefficient (Wildman–Crippen LogP) is 14.9. The second kappa shape index (κ2) is 14.4. The lowest BCUT2D eigenvalue weighted by molar-refractivity contribution is 1.18. The minimum absolute atomic E-state index is 1.11. The van der Waals surface area contributed by atoms with Crippen LogP contribution in [0.15, 0.2) is 231 Å². The molecule has 0 aliphatic rings. The summed E-state index contributed by atoms with van der Waals surface area (Å²) in [5, 5.41) is 2.47. The average molecular weight is 715 g/mol. The van der Waals surface area contributed by atoms with Crippen LogP contribution in [0.1, 0.15) is 0 Å². The van der Waals surface area contributed by atoms with Crippen LogP contribution in [-0.2, 0) is 0 Å². The van der Waals surface area contributed by atoms with E-state index in [2.05, 4.69) is 240 Å². The van der Waals surface area contributed by atoms with Crippen molar-refractivity contribution in [2.45, 2.75) is 0 Å². The van der Waals surface area contributed by atoms with Crippen LogP contribution in [0.3, 0.4) is 0 Å². The molecule has 264 valence electrons. The van der Waals surface area contributed by atoms with Crippen molar-refractivity contribution >= 4 is 38.9 Å². The summed E-state index contributed by atoms with van der Waals surface area (Å²) in [5.74, 6) is 0. The van der Waals surface area contributed by atoms with Crippen molar-refractivity contribution < 1.29 is 0 Å². The summed E-state index contributed by atoms with van der Waals surface area (Å²) in [4.78, 5) is 2.32. The predicted molar refractivity (Wildman–Crippen MR) is 237 cm³/mol. The van der Waals surface area contributed by atoms with Gasteiger partial charge in [0.1, 0.15) is 0 Å². The summed E-state index contributed by atoms with van der Waals surface area (Å²) in [6.45, 7) is 0. The summed E-state index contributed by atoms with van der Waals surface area (Å²) in [7, 11) is 0. The highest BCUT2D eigenvalue weighted by Gasteiger charge is 2.18. The zero-order valence-corrected chi connectivity index (χ0v) is 30.8. The van der Waals surface area contributed by atoms with Crippen molar-refractivity contribution in [3.05, 3.63) is 231 Å². The van der Waals surface area contributed by atoms with Gasteiger partial charge >= 0.3 is 0 Å². The molecular formula is C54H38N2. The van der Waals surface area contributed by atoms with Crippen molar-refractivity contribution in [1.29, 1.82) is 0 Å². The summed E-state index contributed by atoms with van der Waals surface area (Å²) in [6.07, 6.45) is 0. The normalized spacial score (nSPS) is 11.2. The number of anilines is 3. The lowest BCUT2D eigenvalue weighted by Crippen LogP contribution is -2.09. The molecule has 1 aromatic heterocycles. The van der Waals surface area contributed by atoms with Crippen molar-refractivity contribution in [2.75, 3.05) is 4.90 Å². The Morgan fingerprint density at radius 2 is 0.732 bits per heavy atom. The average Bonchev–Trinajstić information content (AvgIpc) is 3.61. The first kappa shape index (κ1) is 33.2. The van der Waals surface area contributed by atoms with Crippen LogP contribution in [0.25, 0.3) is 72.0 Å². The first-order chi connectivity index (χ1) is 27.8. The number of hydrogen-bond donors (Lipinski definition) is 0. The topological polar surface area (TPSA) is 8.17 Å². The molecule has 9 aromatic carbocycles. The van der Waals surface area contributed by atoms with E-state index in [0.717, 1.165) is 22.7 Å². The van der Waals surface area contributed by atoms with E-state index >= 15 is 0 Å². The van der Waals surface area contributed by atoms with Gasteiger partial charge in [0.25, 0.3) is 0 Å². The second-order valence-electron chi connectivity index (χ2n) is 14.2. The fourth-order valence-corrected chi connectivity index (χ4v) is 8.15. The van der Waals surface area contributed by atoms with Crippen molar-refractivity contribution in [3.63, 3.8) is 0 Å². The first-order valence-corrected chi connectivity index (χ1v) is 19.2. The quantitative estimate of drug-likeness (QED) is 0.152. The van der Waals surface area contributed by atoms with Gasteiger partial charge in [-0.25, -0.2) is 0 Å². The van der Waals surface area contributed by atoms with Crippen LogP contribution in [0.5, 0.6) is 0 Å². The Labute approximate surface area is 327 Å². The highest BCUT2D eigenvalue weighted by molar-refractivity contribution is 6.10. The molecule has 0 radical (unpaired) electrons. The van der Waals surface area contributed by atoms with Gasteiger partial charge in [-0.15, -0.1) is 0 Å². The first-order valence-electron chi connectivity index (χ1n) is 19.2. The molecule has 0 amide bonds. The van der Waals surface area contributed by atoms with Gasteiger partial charge in [0.05, 0.1) is 11.0 Å². The van der Waals surface area contributed by atoms with Crippen LogP contribution >= 0.6 is 0 Å². The monoisotopic (exact) mass is 714 g/mol. The molecule has 1 heterocycles. The number of nitrogens with zero attached hydrogens (tertiary/aromatic N) is 2. The van der Waals surface area contributed by atoms with Gasteiger partial charge < -0.3 is 9.47 Å². The minimum Gasteiger partial charge on any atom is -0.310 e. The van der Waals surface area contributed by atoms with Crippen molar-refractivity contribution in [2.24, 2.45) is 0 Å². The fourth-order valence-electron chi connectivity index (χ4n) is 8.15. The molecule has 0 spiro atoms. The Hall–Kier alpha value is -7.42. The Bertz CT molecular complexity index is 2850. The SMILES string of the molecule is c1ccc(-c2cc(-c3ccccc3)cc(-n3c4ccccc4c4ccc(-c5ccccc5-c5cccc(N(c6ccccc6)c6ccccc6)c5)cc43)c2)cc1. The van der Waals surface area contributed by atoms with E-state index in [1.807, 2.05) is 0 Å². The van der Waals surface area contributed by atoms with Crippen molar-refractivity contribution in [3.8, 4) is 50.2 Å². The maximum atomic E-state index is 2.45. The third kappa shape index (κ3) is 6.14. The smallest absolute Gasteiger partial charge is 0.0547 e. The van der Waals surface area contributed by atoms with Gasteiger partial charge in [-0.2, -0.15) is 0 Å². The molecule has 2 nitrogen and oxygen atoms in total. The number of fused-ring (bicyclic) bond motifs is 3. The van der Waals surface area contributed by atoms with E-state index in [-0.39, 0.29) is 0 Å². The third-order valence-electron chi connectivity index (χ3n) is 10.7. The molecule has 10 aromatic rings. The van der Waals surface area contributed by atoms with E-state index < -0.39 is 0 Å². The fraction of sp³-hybridized carbons (Fsp3) is 0. The zero-order valence-electron chi connectivity index (χ0n) is 30.8. The van der Waals surface area contributed by atoms with Crippen LogP contribution < -0.4 is 4.90 Å². The van der Waals surface area contributed by atoms with E-state index in [9.17, 15) is 0 Å². The highest BCUT2D eigenvalue weighted by atomic mass is 15.1. The van der Waals surface area contributed by atoms with Gasteiger partial charge in [0.2, 0.25) is 0 Å². The van der Waals surface area contributed by atoms with E-state index in [4.69, 9.17) is 0 Å². The lowest BCUT2D eigenvalue weighted by atomic mass is 9.93. The van der Waals surface area contributed by atoms with E-state index in [0.29, 0.717) is 0 Å². The van der Waals surface area contributed by atoms with E-state index in [1.165, 1.54) is 66.3 Å². The maximum absolute atomic E-state index is 2.45. The minimum atomic E-state index is 1.11. The molecule has 0 fully saturated rings. The molecule has 10 rings (SSSR count). The largest absolute Gasteiger partial charge is 0.310 e. The molecule has 0 unspecified atom stereocenters. The number of rotatable bonds is 8. The van der Waals surface area contributed by atoms with E-state index in [1.54, 1.807) is 0 Å². The number of aromatic nitrogens is 1. The molecule has 56 heavy (non-hydrogen) atoms. The van der Waals surface area contributed by atoms with Crippen LogP contribution in [-0.4, -0.2) is 4.57 Å². The van der Waals surface area contributed by atoms with Gasteiger partial charge in [0, 0.05) is 33.5 Å². The van der Waals surface area contributed by atoms with Crippen LogP contribution in [0, 0.1) is 0 Å². The molecular weight excluding hydrogens is 677 g/mol. The number of benzene rings is 9. The lowest BCUT2D eigenvalue weighted by Gasteiger charge is -2.26. The molecule has 0 aliphatic carbocycles. The number of para-hydroxylation sites is 3. The third-order valence-corrected chi connectivity index (χ3v) is 10.7. The molecule has 0 atom stereocenters. The molecule has 0 saturated carbocycles. The van der Waals surface area contributed by atoms with Gasteiger partial charge in [-0.3, -0.25) is 0 Å². The zero-order chi connectivity index (χ0) is 37.3. The standard InChI is InChI=1S/C54H38N2/c1-5-18-39(19-6-1)43-34-44(40-20-7-2-8-21-40)37-48(36-43)56-53-31-16-15-30-51(53)52-33-32-42(38-54(52)56)50-29-14-13-28-49(50)41-22-17-27-47(35-41)55(45-23-9-3-10-24-45)46-25-11-4-12-26-46/h1-38H. The summed E-state index contributed by atoms with van der Waals surface area (Å²) in [5.41, 5.74) is 16.3. The molecule has 0 N–H and O–H groups in total. The maximum Gasteiger partial charge on any atom is 0.0547 e. The summed E-state index contributed by atoms with van der Waals surface area (Å²) >= 11 is 0. The second-order valence-corrected chi connectivity index (χ2v) is 14.2. The molecule has 0 aliphatic heterocycles. The summed E-state index contributed by atoms with van der Waals surface area (Å²) in [6, 6.07) is 83.1. The van der Waals surface area contributed by atoms with Gasteiger partial charge in [-0.1, -0.05) is 164 Å². The van der Waals surface area contributed by atoms with Gasteiger partial charge in [0.15, 0.2) is 0 Å². The van der Waals surface area contributed by atoms with Crippen molar-refractivity contribution in [1.82, 2.24) is 4.57 Å². The Kier molecular flexibility index (Phi) is 8.55. The van der Waals surface area contributed by atoms with Gasteiger partial charge in [-0.05, 0) is 111 Å². The Balaban J connectivity index is 1.15. The molecule has 0 bridgehead atoms.